The second kappa shape index (κ2) is 3.69. The van der Waals surface area contributed by atoms with E-state index < -0.39 is 18.0 Å². The van der Waals surface area contributed by atoms with Crippen molar-refractivity contribution in [1.29, 1.82) is 0 Å². The molecule has 1 N–H and O–H groups in total. The van der Waals surface area contributed by atoms with Gasteiger partial charge in [-0.1, -0.05) is 0 Å². The Labute approximate surface area is 79.4 Å². The number of pyridine rings is 1. The fourth-order valence-corrected chi connectivity index (χ4v) is 1.17. The summed E-state index contributed by atoms with van der Waals surface area (Å²) in [6.45, 7) is 3.05. The number of rotatable bonds is 2. The van der Waals surface area contributed by atoms with E-state index in [0.29, 0.717) is 5.69 Å². The summed E-state index contributed by atoms with van der Waals surface area (Å²) in [5.74, 6) is -1.34. The zero-order chi connectivity index (χ0) is 10.9. The van der Waals surface area contributed by atoms with Gasteiger partial charge in [-0.25, -0.2) is 13.6 Å². The molecule has 0 saturated carbocycles. The summed E-state index contributed by atoms with van der Waals surface area (Å²) in [6, 6.07) is 0. The third-order valence-corrected chi connectivity index (χ3v) is 2.05. The first kappa shape index (κ1) is 10.6. The number of aromatic nitrogens is 1. The fourth-order valence-electron chi connectivity index (χ4n) is 1.17. The first-order valence-corrected chi connectivity index (χ1v) is 3.92. The van der Waals surface area contributed by atoms with Crippen LogP contribution in [0.4, 0.5) is 8.78 Å². The van der Waals surface area contributed by atoms with Crippen molar-refractivity contribution in [3.8, 4) is 0 Å². The molecule has 1 rings (SSSR count). The van der Waals surface area contributed by atoms with E-state index in [0.717, 1.165) is 6.20 Å². The van der Waals surface area contributed by atoms with Crippen molar-refractivity contribution in [2.75, 3.05) is 0 Å². The van der Waals surface area contributed by atoms with E-state index in [9.17, 15) is 13.6 Å². The molecule has 0 saturated heterocycles. The number of aromatic carboxylic acids is 1. The summed E-state index contributed by atoms with van der Waals surface area (Å²) in [4.78, 5) is 14.4. The molecule has 1 aromatic rings. The number of nitrogens with zero attached hydrogens (tertiary/aromatic N) is 1. The standard InChI is InChI=1S/C9H9F2NO2/c1-4-5(2)12-3-6(8(10)11)7(4)9(13)14/h3,8H,1-2H3,(H,13,14). The van der Waals surface area contributed by atoms with E-state index in [4.69, 9.17) is 5.11 Å². The third kappa shape index (κ3) is 1.71. The zero-order valence-corrected chi connectivity index (χ0v) is 7.71. The molecular formula is C9H9F2NO2. The van der Waals surface area contributed by atoms with Crippen molar-refractivity contribution in [2.45, 2.75) is 20.3 Å². The quantitative estimate of drug-likeness (QED) is 0.798. The highest BCUT2D eigenvalue weighted by molar-refractivity contribution is 5.91. The molecule has 0 unspecified atom stereocenters. The SMILES string of the molecule is Cc1ncc(C(F)F)c(C(=O)O)c1C. The van der Waals surface area contributed by atoms with Gasteiger partial charge in [-0.15, -0.1) is 0 Å². The van der Waals surface area contributed by atoms with E-state index in [1.165, 1.54) is 6.92 Å². The van der Waals surface area contributed by atoms with Crippen LogP contribution in [0.15, 0.2) is 6.20 Å². The van der Waals surface area contributed by atoms with Gasteiger partial charge in [0, 0.05) is 11.9 Å². The van der Waals surface area contributed by atoms with E-state index >= 15 is 0 Å². The van der Waals surface area contributed by atoms with Crippen molar-refractivity contribution in [1.82, 2.24) is 4.98 Å². The van der Waals surface area contributed by atoms with Gasteiger partial charge in [-0.3, -0.25) is 4.98 Å². The van der Waals surface area contributed by atoms with Gasteiger partial charge in [-0.2, -0.15) is 0 Å². The molecule has 0 atom stereocenters. The van der Waals surface area contributed by atoms with Crippen molar-refractivity contribution in [2.24, 2.45) is 0 Å². The minimum Gasteiger partial charge on any atom is -0.478 e. The van der Waals surface area contributed by atoms with Crippen molar-refractivity contribution in [3.63, 3.8) is 0 Å². The Hall–Kier alpha value is -1.52. The number of carboxylic acid groups (broad SMARTS) is 1. The molecule has 76 valence electrons. The Morgan fingerprint density at radius 3 is 2.50 bits per heavy atom. The molecular weight excluding hydrogens is 192 g/mol. The molecule has 5 heteroatoms. The van der Waals surface area contributed by atoms with Gasteiger partial charge in [0.2, 0.25) is 0 Å². The molecule has 0 amide bonds. The van der Waals surface area contributed by atoms with Gasteiger partial charge in [-0.05, 0) is 19.4 Å². The highest BCUT2D eigenvalue weighted by Gasteiger charge is 2.21. The minimum absolute atomic E-state index is 0.287. The van der Waals surface area contributed by atoms with Crippen LogP contribution in [0, 0.1) is 13.8 Å². The molecule has 0 aliphatic rings. The molecule has 0 aliphatic carbocycles. The Balaban J connectivity index is 3.45. The van der Waals surface area contributed by atoms with Crippen molar-refractivity contribution >= 4 is 5.97 Å². The molecule has 0 aromatic carbocycles. The van der Waals surface area contributed by atoms with Crippen molar-refractivity contribution in [3.05, 3.63) is 28.6 Å². The lowest BCUT2D eigenvalue weighted by atomic mass is 10.0. The molecule has 0 bridgehead atoms. The topological polar surface area (TPSA) is 50.2 Å². The van der Waals surface area contributed by atoms with Crippen LogP contribution in [0.5, 0.6) is 0 Å². The number of carbonyl (C=O) groups is 1. The molecule has 14 heavy (non-hydrogen) atoms. The lowest BCUT2D eigenvalue weighted by Crippen LogP contribution is -2.08. The van der Waals surface area contributed by atoms with E-state index in [2.05, 4.69) is 4.98 Å². The third-order valence-electron chi connectivity index (χ3n) is 2.05. The van der Waals surface area contributed by atoms with Gasteiger partial charge in [0.05, 0.1) is 11.1 Å². The highest BCUT2D eigenvalue weighted by Crippen LogP contribution is 2.25. The Kier molecular flexibility index (Phi) is 2.78. The van der Waals surface area contributed by atoms with Gasteiger partial charge in [0.1, 0.15) is 0 Å². The summed E-state index contributed by atoms with van der Waals surface area (Å²) in [5, 5.41) is 8.76. The maximum absolute atomic E-state index is 12.4. The lowest BCUT2D eigenvalue weighted by molar-refractivity contribution is 0.0683. The smallest absolute Gasteiger partial charge is 0.336 e. The predicted octanol–water partition coefficient (Wildman–Crippen LogP) is 2.33. The van der Waals surface area contributed by atoms with E-state index in [-0.39, 0.29) is 11.1 Å². The minimum atomic E-state index is -2.81. The van der Waals surface area contributed by atoms with Crippen LogP contribution >= 0.6 is 0 Å². The van der Waals surface area contributed by atoms with Crippen molar-refractivity contribution < 1.29 is 18.7 Å². The molecule has 0 radical (unpaired) electrons. The van der Waals surface area contributed by atoms with Crippen LogP contribution in [0.25, 0.3) is 0 Å². The normalized spacial score (nSPS) is 10.6. The number of hydrogen-bond donors (Lipinski definition) is 1. The molecule has 1 aromatic heterocycles. The molecule has 0 spiro atoms. The summed E-state index contributed by atoms with van der Waals surface area (Å²) in [7, 11) is 0. The summed E-state index contributed by atoms with van der Waals surface area (Å²) in [6.07, 6.45) is -1.90. The van der Waals surface area contributed by atoms with Crippen LogP contribution in [-0.4, -0.2) is 16.1 Å². The average molecular weight is 201 g/mol. The van der Waals surface area contributed by atoms with Crippen LogP contribution in [0.3, 0.4) is 0 Å². The van der Waals surface area contributed by atoms with Crippen LogP contribution in [0.1, 0.15) is 33.6 Å². The van der Waals surface area contributed by atoms with Gasteiger partial charge >= 0.3 is 5.97 Å². The number of halogens is 2. The second-order valence-electron chi connectivity index (χ2n) is 2.90. The Morgan fingerprint density at radius 1 is 1.50 bits per heavy atom. The molecule has 1 heterocycles. The maximum Gasteiger partial charge on any atom is 0.336 e. The summed E-state index contributed by atoms with van der Waals surface area (Å²) < 4.78 is 24.8. The largest absolute Gasteiger partial charge is 0.478 e. The molecule has 0 fully saturated rings. The van der Waals surface area contributed by atoms with Gasteiger partial charge in [0.25, 0.3) is 6.43 Å². The van der Waals surface area contributed by atoms with Gasteiger partial charge < -0.3 is 5.11 Å². The van der Waals surface area contributed by atoms with Crippen LogP contribution in [-0.2, 0) is 0 Å². The lowest BCUT2D eigenvalue weighted by Gasteiger charge is -2.09. The fraction of sp³-hybridized carbons (Fsp3) is 0.333. The Bertz CT molecular complexity index is 377. The summed E-state index contributed by atoms with van der Waals surface area (Å²) in [5.41, 5.74) is -0.129. The zero-order valence-electron chi connectivity index (χ0n) is 7.71. The van der Waals surface area contributed by atoms with E-state index in [1.54, 1.807) is 6.92 Å². The molecule has 3 nitrogen and oxygen atoms in total. The molecule has 0 aliphatic heterocycles. The van der Waals surface area contributed by atoms with Crippen LogP contribution in [0.2, 0.25) is 0 Å². The average Bonchev–Trinajstić information content (AvgIpc) is 2.08. The second-order valence-corrected chi connectivity index (χ2v) is 2.90. The first-order valence-electron chi connectivity index (χ1n) is 3.92. The van der Waals surface area contributed by atoms with E-state index in [1.807, 2.05) is 0 Å². The number of carboxylic acids is 1. The van der Waals surface area contributed by atoms with Crippen LogP contribution < -0.4 is 0 Å². The number of alkyl halides is 2. The maximum atomic E-state index is 12.4. The summed E-state index contributed by atoms with van der Waals surface area (Å²) >= 11 is 0. The highest BCUT2D eigenvalue weighted by atomic mass is 19.3. The first-order chi connectivity index (χ1) is 6.45. The van der Waals surface area contributed by atoms with Gasteiger partial charge in [0.15, 0.2) is 0 Å². The number of hydrogen-bond acceptors (Lipinski definition) is 2. The Morgan fingerprint density at radius 2 is 2.07 bits per heavy atom. The monoisotopic (exact) mass is 201 g/mol. The number of aryl methyl sites for hydroxylation is 1. The predicted molar refractivity (Wildman–Crippen MR) is 45.6 cm³/mol.